The lowest BCUT2D eigenvalue weighted by Gasteiger charge is -2.36. The predicted molar refractivity (Wildman–Crippen MR) is 100 cm³/mol. The molecule has 134 valence electrons. The van der Waals surface area contributed by atoms with E-state index in [0.29, 0.717) is 11.3 Å². The van der Waals surface area contributed by atoms with Crippen LogP contribution in [0.4, 0.5) is 11.4 Å². The second-order valence-electron chi connectivity index (χ2n) is 6.53. The number of hydrogen-bond acceptors (Lipinski definition) is 4. The zero-order valence-electron chi connectivity index (χ0n) is 14.8. The zero-order valence-corrected chi connectivity index (χ0v) is 14.8. The average molecular weight is 351 g/mol. The van der Waals surface area contributed by atoms with E-state index in [4.69, 9.17) is 5.26 Å². The van der Waals surface area contributed by atoms with Crippen LogP contribution < -0.4 is 15.1 Å². The fourth-order valence-corrected chi connectivity index (χ4v) is 3.26. The minimum absolute atomic E-state index is 0.0687. The van der Waals surface area contributed by atoms with Gasteiger partial charge in [0.05, 0.1) is 37.4 Å². The van der Waals surface area contributed by atoms with E-state index in [1.807, 2.05) is 25.1 Å². The topological polar surface area (TPSA) is 80.8 Å². The van der Waals surface area contributed by atoms with Crippen LogP contribution in [0.1, 0.15) is 12.5 Å². The molecule has 0 unspecified atom stereocenters. The van der Waals surface area contributed by atoms with Gasteiger partial charge in [0.1, 0.15) is 11.8 Å². The number of phenols is 1. The van der Waals surface area contributed by atoms with Gasteiger partial charge in [-0.2, -0.15) is 5.26 Å². The number of carbonyl (C=O) groups is 1. The van der Waals surface area contributed by atoms with Gasteiger partial charge in [-0.3, -0.25) is 4.79 Å². The van der Waals surface area contributed by atoms with E-state index in [2.05, 4.69) is 16.3 Å². The second-order valence-corrected chi connectivity index (χ2v) is 6.53. The van der Waals surface area contributed by atoms with E-state index in [1.165, 1.54) is 4.90 Å². The lowest BCUT2D eigenvalue weighted by Crippen LogP contribution is -3.19. The van der Waals surface area contributed by atoms with Crippen LogP contribution in [0, 0.1) is 11.3 Å². The lowest BCUT2D eigenvalue weighted by molar-refractivity contribution is -0.914. The Balaban J connectivity index is 1.57. The maximum atomic E-state index is 12.6. The van der Waals surface area contributed by atoms with Crippen molar-refractivity contribution < 1.29 is 14.8 Å². The fourth-order valence-electron chi connectivity index (χ4n) is 3.26. The molecule has 6 nitrogen and oxygen atoms in total. The number of nitrogens with one attached hydrogen (secondary N) is 2. The number of aromatic hydroxyl groups is 1. The van der Waals surface area contributed by atoms with Crippen LogP contribution in [0.5, 0.6) is 5.75 Å². The molecule has 3 rings (SSSR count). The molecule has 1 saturated heterocycles. The third kappa shape index (κ3) is 3.95. The number of amides is 1. The first-order valence-corrected chi connectivity index (χ1v) is 8.77. The van der Waals surface area contributed by atoms with Gasteiger partial charge >= 0.3 is 0 Å². The van der Waals surface area contributed by atoms with Crippen LogP contribution in [0.2, 0.25) is 0 Å². The molecular formula is C20H23N4O2+. The number of piperazine rings is 1. The third-order valence-corrected chi connectivity index (χ3v) is 4.93. The Kier molecular flexibility index (Phi) is 5.40. The highest BCUT2D eigenvalue weighted by Crippen LogP contribution is 2.18. The molecule has 0 spiro atoms. The highest BCUT2D eigenvalue weighted by molar-refractivity contribution is 5.94. The molecule has 1 amide bonds. The minimum Gasteiger partial charge on any atom is -0.508 e. The van der Waals surface area contributed by atoms with Crippen LogP contribution in [-0.4, -0.2) is 43.2 Å². The van der Waals surface area contributed by atoms with Crippen LogP contribution in [0.25, 0.3) is 0 Å². The molecule has 0 aromatic heterocycles. The van der Waals surface area contributed by atoms with Crippen molar-refractivity contribution in [2.45, 2.75) is 13.0 Å². The molecule has 0 saturated carbocycles. The summed E-state index contributed by atoms with van der Waals surface area (Å²) in [6, 6.07) is 16.2. The van der Waals surface area contributed by atoms with Crippen LogP contribution in [0.3, 0.4) is 0 Å². The van der Waals surface area contributed by atoms with Gasteiger partial charge in [0, 0.05) is 5.69 Å². The highest BCUT2D eigenvalue weighted by Gasteiger charge is 2.29. The summed E-state index contributed by atoms with van der Waals surface area (Å²) < 4.78 is 0. The van der Waals surface area contributed by atoms with E-state index >= 15 is 0 Å². The summed E-state index contributed by atoms with van der Waals surface area (Å²) in [4.78, 5) is 16.1. The summed E-state index contributed by atoms with van der Waals surface area (Å²) in [7, 11) is 0. The minimum atomic E-state index is -0.191. The maximum Gasteiger partial charge on any atom is 0.282 e. The fraction of sp³-hybridized carbons (Fsp3) is 0.300. The Morgan fingerprint density at radius 1 is 1.19 bits per heavy atom. The van der Waals surface area contributed by atoms with Crippen LogP contribution in [0.15, 0.2) is 48.5 Å². The summed E-state index contributed by atoms with van der Waals surface area (Å²) in [5.41, 5.74) is 2.12. The first kappa shape index (κ1) is 17.8. The molecule has 1 aliphatic rings. The molecule has 2 aromatic carbocycles. The SMILES string of the molecule is C[C@H](C(=O)Nc1ccccc1C#N)[NH+]1CCN(c2ccc(O)cc2)CC1. The van der Waals surface area contributed by atoms with E-state index < -0.39 is 0 Å². The lowest BCUT2D eigenvalue weighted by atomic mass is 10.1. The first-order chi connectivity index (χ1) is 12.6. The summed E-state index contributed by atoms with van der Waals surface area (Å²) >= 11 is 0. The summed E-state index contributed by atoms with van der Waals surface area (Å²) in [5.74, 6) is 0.196. The number of anilines is 2. The van der Waals surface area contributed by atoms with Gasteiger partial charge in [-0.25, -0.2) is 0 Å². The van der Waals surface area contributed by atoms with Crippen LogP contribution in [-0.2, 0) is 4.79 Å². The summed E-state index contributed by atoms with van der Waals surface area (Å²) in [6.45, 7) is 5.35. The monoisotopic (exact) mass is 351 g/mol. The molecule has 0 aliphatic carbocycles. The highest BCUT2D eigenvalue weighted by atomic mass is 16.3. The summed E-state index contributed by atoms with van der Waals surface area (Å²) in [5, 5.41) is 21.4. The van der Waals surface area contributed by atoms with Crippen LogP contribution >= 0.6 is 0 Å². The standard InChI is InChI=1S/C20H22N4O2/c1-15(20(26)22-19-5-3-2-4-16(19)14-21)23-10-12-24(13-11-23)17-6-8-18(25)9-7-17/h2-9,15,25H,10-13H2,1H3,(H,22,26)/p+1/t15-/m1/s1. The quantitative estimate of drug-likeness (QED) is 0.768. The largest absolute Gasteiger partial charge is 0.508 e. The molecule has 2 aromatic rings. The smallest absolute Gasteiger partial charge is 0.282 e. The molecule has 0 radical (unpaired) electrons. The summed E-state index contributed by atoms with van der Waals surface area (Å²) in [6.07, 6.45) is 0. The number of quaternary nitrogens is 1. The first-order valence-electron chi connectivity index (χ1n) is 8.77. The third-order valence-electron chi connectivity index (χ3n) is 4.93. The van der Waals surface area contributed by atoms with E-state index in [0.717, 1.165) is 31.9 Å². The number of carbonyl (C=O) groups excluding carboxylic acids is 1. The number of para-hydroxylation sites is 1. The zero-order chi connectivity index (χ0) is 18.5. The molecule has 1 heterocycles. The Hall–Kier alpha value is -3.04. The number of hydrogen-bond donors (Lipinski definition) is 3. The number of phenolic OH excluding ortho intramolecular Hbond substituents is 1. The number of rotatable bonds is 4. The van der Waals surface area contributed by atoms with E-state index in [9.17, 15) is 9.90 Å². The molecule has 26 heavy (non-hydrogen) atoms. The van der Waals surface area contributed by atoms with E-state index in [1.54, 1.807) is 30.3 Å². The Morgan fingerprint density at radius 2 is 1.85 bits per heavy atom. The van der Waals surface area contributed by atoms with Gasteiger partial charge in [-0.15, -0.1) is 0 Å². The van der Waals surface area contributed by atoms with Crippen molar-refractivity contribution in [3.63, 3.8) is 0 Å². The Bertz CT molecular complexity index is 805. The van der Waals surface area contributed by atoms with Gasteiger partial charge in [0.2, 0.25) is 0 Å². The number of nitrogens with zero attached hydrogens (tertiary/aromatic N) is 2. The molecule has 1 aliphatic heterocycles. The molecule has 0 bridgehead atoms. The number of nitriles is 1. The Labute approximate surface area is 153 Å². The maximum absolute atomic E-state index is 12.6. The molecular weight excluding hydrogens is 328 g/mol. The van der Waals surface area contributed by atoms with Crippen molar-refractivity contribution >= 4 is 17.3 Å². The molecule has 6 heteroatoms. The molecule has 1 atom stereocenters. The average Bonchev–Trinajstić information content (AvgIpc) is 2.68. The predicted octanol–water partition coefficient (Wildman–Crippen LogP) is 0.996. The number of benzene rings is 2. The van der Waals surface area contributed by atoms with Gasteiger partial charge in [0.15, 0.2) is 6.04 Å². The van der Waals surface area contributed by atoms with E-state index in [-0.39, 0.29) is 17.7 Å². The van der Waals surface area contributed by atoms with Gasteiger partial charge in [-0.05, 0) is 43.3 Å². The van der Waals surface area contributed by atoms with Gasteiger partial charge in [-0.1, -0.05) is 12.1 Å². The van der Waals surface area contributed by atoms with Crippen molar-refractivity contribution in [1.29, 1.82) is 5.26 Å². The normalized spacial score (nSPS) is 15.9. The van der Waals surface area contributed by atoms with Crippen molar-refractivity contribution in [3.05, 3.63) is 54.1 Å². The van der Waals surface area contributed by atoms with Crippen molar-refractivity contribution in [2.24, 2.45) is 0 Å². The Morgan fingerprint density at radius 3 is 2.50 bits per heavy atom. The van der Waals surface area contributed by atoms with Crippen molar-refractivity contribution in [3.8, 4) is 11.8 Å². The van der Waals surface area contributed by atoms with Crippen molar-refractivity contribution in [2.75, 3.05) is 36.4 Å². The van der Waals surface area contributed by atoms with Crippen molar-refractivity contribution in [1.82, 2.24) is 0 Å². The van der Waals surface area contributed by atoms with Gasteiger partial charge in [0.25, 0.3) is 5.91 Å². The molecule has 3 N–H and O–H groups in total. The molecule has 1 fully saturated rings. The van der Waals surface area contributed by atoms with Gasteiger partial charge < -0.3 is 20.2 Å². The second kappa shape index (κ2) is 7.89.